The van der Waals surface area contributed by atoms with Crippen LogP contribution < -0.4 is 11.0 Å². The van der Waals surface area contributed by atoms with Gasteiger partial charge in [-0.15, -0.1) is 0 Å². The van der Waals surface area contributed by atoms with Crippen molar-refractivity contribution in [3.63, 3.8) is 0 Å². The third kappa shape index (κ3) is 2.49. The van der Waals surface area contributed by atoms with E-state index in [1.807, 2.05) is 43.5 Å². The number of nitrogens with one attached hydrogen (secondary N) is 3. The van der Waals surface area contributed by atoms with Gasteiger partial charge in [-0.25, -0.2) is 4.79 Å². The fourth-order valence-electron chi connectivity index (χ4n) is 1.95. The zero-order chi connectivity index (χ0) is 13.2. The van der Waals surface area contributed by atoms with Crippen molar-refractivity contribution in [3.05, 3.63) is 58.3 Å². The van der Waals surface area contributed by atoms with Crippen molar-refractivity contribution in [2.75, 3.05) is 5.32 Å². The van der Waals surface area contributed by atoms with Gasteiger partial charge in [0.2, 0.25) is 0 Å². The van der Waals surface area contributed by atoms with Gasteiger partial charge in [0.15, 0.2) is 0 Å². The van der Waals surface area contributed by atoms with Crippen LogP contribution >= 0.6 is 0 Å². The lowest BCUT2D eigenvalue weighted by molar-refractivity contribution is 1.09. The highest BCUT2D eigenvalue weighted by Crippen LogP contribution is 2.15. The molecule has 0 bridgehead atoms. The van der Waals surface area contributed by atoms with E-state index >= 15 is 0 Å². The molecule has 2 heterocycles. The summed E-state index contributed by atoms with van der Waals surface area (Å²) in [4.78, 5) is 20.9. The van der Waals surface area contributed by atoms with E-state index in [0.717, 1.165) is 28.0 Å². The fraction of sp³-hybridized carbons (Fsp3) is 0.143. The highest BCUT2D eigenvalue weighted by Gasteiger charge is 2.00. The van der Waals surface area contributed by atoms with Gasteiger partial charge in [0, 0.05) is 24.1 Å². The van der Waals surface area contributed by atoms with Crippen LogP contribution in [0.2, 0.25) is 0 Å². The lowest BCUT2D eigenvalue weighted by Crippen LogP contribution is -2.00. The second-order valence-electron chi connectivity index (χ2n) is 4.50. The third-order valence-corrected chi connectivity index (χ3v) is 2.99. The molecular formula is C14H14N4O. The number of benzene rings is 1. The van der Waals surface area contributed by atoms with Crippen LogP contribution in [-0.2, 0) is 6.54 Å². The largest absolute Gasteiger partial charge is 0.381 e. The predicted molar refractivity (Wildman–Crippen MR) is 75.2 cm³/mol. The summed E-state index contributed by atoms with van der Waals surface area (Å²) in [6.45, 7) is 2.67. The molecule has 0 radical (unpaired) electrons. The Labute approximate surface area is 109 Å². The molecule has 0 saturated heterocycles. The quantitative estimate of drug-likeness (QED) is 0.670. The van der Waals surface area contributed by atoms with E-state index in [0.29, 0.717) is 6.54 Å². The molecule has 0 aliphatic heterocycles. The number of aromatic nitrogens is 3. The van der Waals surface area contributed by atoms with E-state index in [2.05, 4.69) is 20.3 Å². The zero-order valence-corrected chi connectivity index (χ0v) is 10.5. The molecule has 0 spiro atoms. The lowest BCUT2D eigenvalue weighted by Gasteiger charge is -2.06. The first-order valence-corrected chi connectivity index (χ1v) is 6.08. The van der Waals surface area contributed by atoms with E-state index in [-0.39, 0.29) is 5.69 Å². The number of anilines is 1. The first-order chi connectivity index (χ1) is 9.20. The van der Waals surface area contributed by atoms with Crippen LogP contribution in [0.5, 0.6) is 0 Å². The van der Waals surface area contributed by atoms with E-state index in [1.165, 1.54) is 0 Å². The second kappa shape index (κ2) is 4.61. The van der Waals surface area contributed by atoms with Crippen LogP contribution in [0, 0.1) is 6.92 Å². The molecule has 0 atom stereocenters. The molecule has 3 N–H and O–H groups in total. The Morgan fingerprint density at radius 3 is 2.79 bits per heavy atom. The number of aromatic amines is 2. The van der Waals surface area contributed by atoms with Gasteiger partial charge in [0.1, 0.15) is 0 Å². The van der Waals surface area contributed by atoms with Gasteiger partial charge in [-0.05, 0) is 36.8 Å². The summed E-state index contributed by atoms with van der Waals surface area (Å²) in [5, 5.41) is 3.31. The van der Waals surface area contributed by atoms with Crippen LogP contribution in [0.4, 0.5) is 5.69 Å². The van der Waals surface area contributed by atoms with Crippen LogP contribution in [0.1, 0.15) is 11.3 Å². The molecule has 0 amide bonds. The summed E-state index contributed by atoms with van der Waals surface area (Å²) >= 11 is 0. The van der Waals surface area contributed by atoms with Crippen LogP contribution in [0.25, 0.3) is 11.0 Å². The molecule has 5 heteroatoms. The molecule has 0 unspecified atom stereocenters. The van der Waals surface area contributed by atoms with Gasteiger partial charge in [-0.3, -0.25) is 4.98 Å². The average Bonchev–Trinajstić information content (AvgIpc) is 2.77. The van der Waals surface area contributed by atoms with E-state index in [9.17, 15) is 4.79 Å². The fourth-order valence-corrected chi connectivity index (χ4v) is 1.95. The topological polar surface area (TPSA) is 73.6 Å². The highest BCUT2D eigenvalue weighted by molar-refractivity contribution is 5.78. The monoisotopic (exact) mass is 254 g/mol. The maximum Gasteiger partial charge on any atom is 0.323 e. The van der Waals surface area contributed by atoms with Crippen molar-refractivity contribution in [3.8, 4) is 0 Å². The van der Waals surface area contributed by atoms with Crippen LogP contribution in [-0.4, -0.2) is 15.0 Å². The van der Waals surface area contributed by atoms with Crippen LogP contribution in [0.3, 0.4) is 0 Å². The minimum atomic E-state index is -0.185. The Kier molecular flexibility index (Phi) is 2.79. The second-order valence-corrected chi connectivity index (χ2v) is 4.50. The van der Waals surface area contributed by atoms with Gasteiger partial charge >= 0.3 is 5.69 Å². The van der Waals surface area contributed by atoms with E-state index in [4.69, 9.17) is 0 Å². The van der Waals surface area contributed by atoms with Crippen LogP contribution in [0.15, 0.2) is 41.3 Å². The molecule has 5 nitrogen and oxygen atoms in total. The number of H-pyrrole nitrogens is 2. The molecule has 0 aliphatic carbocycles. The lowest BCUT2D eigenvalue weighted by atomic mass is 10.2. The summed E-state index contributed by atoms with van der Waals surface area (Å²) < 4.78 is 0. The first kappa shape index (κ1) is 11.5. The SMILES string of the molecule is Cc1ccc(CNc2ccc3[nH]c(=O)[nH]c3c2)cn1. The van der Waals surface area contributed by atoms with Crippen molar-refractivity contribution in [1.29, 1.82) is 0 Å². The molecule has 3 rings (SSSR count). The number of hydrogen-bond donors (Lipinski definition) is 3. The number of imidazole rings is 1. The molecular weight excluding hydrogens is 240 g/mol. The molecule has 2 aromatic heterocycles. The molecule has 19 heavy (non-hydrogen) atoms. The predicted octanol–water partition coefficient (Wildman–Crippen LogP) is 2.17. The average molecular weight is 254 g/mol. The van der Waals surface area contributed by atoms with Gasteiger partial charge in [-0.1, -0.05) is 6.07 Å². The van der Waals surface area contributed by atoms with Gasteiger partial charge in [0.25, 0.3) is 0 Å². The van der Waals surface area contributed by atoms with Crippen molar-refractivity contribution >= 4 is 16.7 Å². The molecule has 1 aromatic carbocycles. The maximum atomic E-state index is 11.2. The number of hydrogen-bond acceptors (Lipinski definition) is 3. The summed E-state index contributed by atoms with van der Waals surface area (Å²) in [5.74, 6) is 0. The van der Waals surface area contributed by atoms with Crippen molar-refractivity contribution in [2.45, 2.75) is 13.5 Å². The Balaban J connectivity index is 1.77. The van der Waals surface area contributed by atoms with Gasteiger partial charge in [-0.2, -0.15) is 0 Å². The normalized spacial score (nSPS) is 10.8. The summed E-state index contributed by atoms with van der Waals surface area (Å²) in [5.41, 5.74) is 4.52. The molecule has 0 aliphatic rings. The molecule has 0 saturated carbocycles. The van der Waals surface area contributed by atoms with Crippen molar-refractivity contribution < 1.29 is 0 Å². The zero-order valence-electron chi connectivity index (χ0n) is 10.5. The number of pyridine rings is 1. The Bertz CT molecular complexity index is 755. The number of rotatable bonds is 3. The summed E-state index contributed by atoms with van der Waals surface area (Å²) in [6.07, 6.45) is 1.86. The molecule has 96 valence electrons. The third-order valence-electron chi connectivity index (χ3n) is 2.99. The molecule has 3 aromatic rings. The number of fused-ring (bicyclic) bond motifs is 1. The standard InChI is InChI=1S/C14H14N4O/c1-9-2-3-10(7-15-9)8-16-11-4-5-12-13(6-11)18-14(19)17-12/h2-7,16H,8H2,1H3,(H2,17,18,19). The Morgan fingerprint density at radius 2 is 2.00 bits per heavy atom. The maximum absolute atomic E-state index is 11.2. The van der Waals surface area contributed by atoms with E-state index in [1.54, 1.807) is 0 Å². The summed E-state index contributed by atoms with van der Waals surface area (Å²) in [7, 11) is 0. The number of aryl methyl sites for hydroxylation is 1. The minimum Gasteiger partial charge on any atom is -0.381 e. The minimum absolute atomic E-state index is 0.185. The van der Waals surface area contributed by atoms with E-state index < -0.39 is 0 Å². The summed E-state index contributed by atoms with van der Waals surface area (Å²) in [6, 6.07) is 9.77. The smallest absolute Gasteiger partial charge is 0.323 e. The highest BCUT2D eigenvalue weighted by atomic mass is 16.1. The van der Waals surface area contributed by atoms with Crippen molar-refractivity contribution in [2.24, 2.45) is 0 Å². The first-order valence-electron chi connectivity index (χ1n) is 6.08. The van der Waals surface area contributed by atoms with Crippen molar-refractivity contribution in [1.82, 2.24) is 15.0 Å². The Hall–Kier alpha value is -2.56. The number of nitrogens with zero attached hydrogens (tertiary/aromatic N) is 1. The molecule has 0 fully saturated rings. The van der Waals surface area contributed by atoms with Gasteiger partial charge in [0.05, 0.1) is 11.0 Å². The Morgan fingerprint density at radius 1 is 1.16 bits per heavy atom. The van der Waals surface area contributed by atoms with Gasteiger partial charge < -0.3 is 15.3 Å².